The van der Waals surface area contributed by atoms with Gasteiger partial charge in [0.05, 0.1) is 36.7 Å². The van der Waals surface area contributed by atoms with Gasteiger partial charge >= 0.3 is 0 Å². The van der Waals surface area contributed by atoms with Crippen molar-refractivity contribution in [3.05, 3.63) is 59.0 Å². The molecular formula is C23H25N3O4. The van der Waals surface area contributed by atoms with Gasteiger partial charge in [-0.25, -0.2) is 0 Å². The number of hydrogen-bond donors (Lipinski definition) is 0. The van der Waals surface area contributed by atoms with Crippen LogP contribution in [0.4, 0.5) is 5.69 Å². The first kappa shape index (κ1) is 19.1. The Morgan fingerprint density at radius 2 is 2.07 bits per heavy atom. The fourth-order valence-corrected chi connectivity index (χ4v) is 4.95. The van der Waals surface area contributed by atoms with Gasteiger partial charge in [0.15, 0.2) is 5.76 Å². The Labute approximate surface area is 175 Å². The molecule has 1 aromatic heterocycles. The maximum absolute atomic E-state index is 13.5. The third-order valence-corrected chi connectivity index (χ3v) is 6.63. The lowest BCUT2D eigenvalue weighted by molar-refractivity contribution is -0.139. The molecule has 30 heavy (non-hydrogen) atoms. The molecule has 156 valence electrons. The van der Waals surface area contributed by atoms with E-state index in [-0.39, 0.29) is 17.9 Å². The summed E-state index contributed by atoms with van der Waals surface area (Å²) in [6.45, 7) is 6.66. The molecular weight excluding hydrogens is 382 g/mol. The lowest BCUT2D eigenvalue weighted by Crippen LogP contribution is -2.44. The Morgan fingerprint density at radius 3 is 2.77 bits per heavy atom. The zero-order chi connectivity index (χ0) is 21.2. The van der Waals surface area contributed by atoms with Gasteiger partial charge < -0.3 is 19.1 Å². The second kappa shape index (κ2) is 6.54. The number of anilines is 1. The molecule has 7 heteroatoms. The van der Waals surface area contributed by atoms with Crippen molar-refractivity contribution in [3.8, 4) is 0 Å². The van der Waals surface area contributed by atoms with Crippen LogP contribution < -0.4 is 4.90 Å². The Hall–Kier alpha value is -2.93. The highest BCUT2D eigenvalue weighted by molar-refractivity contribution is 6.03. The quantitative estimate of drug-likeness (QED) is 0.728. The molecule has 0 saturated carbocycles. The first-order valence-corrected chi connectivity index (χ1v) is 10.2. The van der Waals surface area contributed by atoms with E-state index in [4.69, 9.17) is 9.26 Å². The third-order valence-electron chi connectivity index (χ3n) is 6.63. The largest absolute Gasteiger partial charge is 0.360 e. The van der Waals surface area contributed by atoms with Gasteiger partial charge in [-0.1, -0.05) is 23.4 Å². The van der Waals surface area contributed by atoms with Crippen LogP contribution in [-0.4, -0.2) is 47.2 Å². The second-order valence-corrected chi connectivity index (χ2v) is 8.72. The zero-order valence-corrected chi connectivity index (χ0v) is 17.6. The first-order valence-electron chi connectivity index (χ1n) is 10.2. The molecule has 0 radical (unpaired) electrons. The summed E-state index contributed by atoms with van der Waals surface area (Å²) in [5.41, 5.74) is 3.20. The van der Waals surface area contributed by atoms with Crippen LogP contribution in [0.3, 0.4) is 0 Å². The van der Waals surface area contributed by atoms with E-state index in [1.54, 1.807) is 16.8 Å². The Morgan fingerprint density at radius 1 is 1.27 bits per heavy atom. The summed E-state index contributed by atoms with van der Waals surface area (Å²) in [5.74, 6) is -0.589. The van der Waals surface area contributed by atoms with Crippen molar-refractivity contribution in [1.82, 2.24) is 10.1 Å². The predicted molar refractivity (Wildman–Crippen MR) is 110 cm³/mol. The van der Waals surface area contributed by atoms with Gasteiger partial charge in [-0.2, -0.15) is 0 Å². The number of fused-ring (bicyclic) bond motifs is 1. The molecule has 0 aliphatic carbocycles. The summed E-state index contributed by atoms with van der Waals surface area (Å²) in [7, 11) is 1.73. The number of amides is 2. The van der Waals surface area contributed by atoms with E-state index in [0.29, 0.717) is 18.8 Å². The number of carbonyl (C=O) groups is 2. The smallest absolute Gasteiger partial charge is 0.234 e. The van der Waals surface area contributed by atoms with Crippen molar-refractivity contribution in [1.29, 1.82) is 0 Å². The van der Waals surface area contributed by atoms with Gasteiger partial charge in [0.2, 0.25) is 11.8 Å². The molecule has 1 aromatic carbocycles. The fraction of sp³-hybridized carbons (Fsp3) is 0.435. The summed E-state index contributed by atoms with van der Waals surface area (Å²) >= 11 is 0. The number of aromatic nitrogens is 1. The Kier molecular flexibility index (Phi) is 4.15. The van der Waals surface area contributed by atoms with Crippen molar-refractivity contribution < 1.29 is 18.8 Å². The van der Waals surface area contributed by atoms with Crippen molar-refractivity contribution in [3.63, 3.8) is 0 Å². The molecule has 0 unspecified atom stereocenters. The molecule has 4 atom stereocenters. The van der Waals surface area contributed by atoms with Crippen LogP contribution in [-0.2, 0) is 20.9 Å². The van der Waals surface area contributed by atoms with Crippen molar-refractivity contribution in [2.45, 2.75) is 39.0 Å². The fourth-order valence-electron chi connectivity index (χ4n) is 4.95. The maximum atomic E-state index is 13.5. The molecule has 0 N–H and O–H groups in total. The van der Waals surface area contributed by atoms with Crippen LogP contribution in [0.2, 0.25) is 0 Å². The van der Waals surface area contributed by atoms with Crippen molar-refractivity contribution >= 4 is 17.5 Å². The minimum atomic E-state index is -0.732. The summed E-state index contributed by atoms with van der Waals surface area (Å²) in [6.07, 6.45) is 3.54. The number of nitrogens with zero attached hydrogens (tertiary/aromatic N) is 3. The van der Waals surface area contributed by atoms with Crippen molar-refractivity contribution in [2.24, 2.45) is 11.8 Å². The summed E-state index contributed by atoms with van der Waals surface area (Å²) in [4.78, 5) is 30.2. The van der Waals surface area contributed by atoms with Crippen LogP contribution in [0.15, 0.2) is 40.9 Å². The zero-order valence-electron chi connectivity index (χ0n) is 17.6. The summed E-state index contributed by atoms with van der Waals surface area (Å²) < 4.78 is 11.5. The third kappa shape index (κ3) is 2.72. The Bertz CT molecular complexity index is 1070. The molecule has 2 amide bonds. The standard InChI is InChI=1S/C23H25N3O4/c1-13-5-6-16(9-14(13)2)26-12-23-8-7-18(29-23)19(20(23)22(26)28)21(27)25(4)11-17-10-15(3)24-30-17/h5-10,18-20H,11-12H2,1-4H3/t18-,19-,20-,23-/m0/s1. The topological polar surface area (TPSA) is 75.9 Å². The second-order valence-electron chi connectivity index (χ2n) is 8.72. The highest BCUT2D eigenvalue weighted by Crippen LogP contribution is 2.53. The maximum Gasteiger partial charge on any atom is 0.234 e. The predicted octanol–water partition coefficient (Wildman–Crippen LogP) is 2.54. The van der Waals surface area contributed by atoms with Gasteiger partial charge in [-0.15, -0.1) is 0 Å². The van der Waals surface area contributed by atoms with Crippen LogP contribution >= 0.6 is 0 Å². The Balaban J connectivity index is 1.42. The minimum Gasteiger partial charge on any atom is -0.360 e. The van der Waals surface area contributed by atoms with Crippen LogP contribution in [0.5, 0.6) is 0 Å². The number of carbonyl (C=O) groups excluding carboxylic acids is 2. The van der Waals surface area contributed by atoms with Crippen LogP contribution in [0, 0.1) is 32.6 Å². The number of ether oxygens (including phenoxy) is 1. The molecule has 2 aromatic rings. The van der Waals surface area contributed by atoms with Gasteiger partial charge in [-0.3, -0.25) is 9.59 Å². The van der Waals surface area contributed by atoms with Gasteiger partial charge in [0.25, 0.3) is 0 Å². The molecule has 2 fully saturated rings. The van der Waals surface area contributed by atoms with Gasteiger partial charge in [0.1, 0.15) is 5.60 Å². The molecule has 2 bridgehead atoms. The minimum absolute atomic E-state index is 0.0487. The lowest BCUT2D eigenvalue weighted by Gasteiger charge is -2.27. The van der Waals surface area contributed by atoms with Gasteiger partial charge in [-0.05, 0) is 44.0 Å². The number of benzene rings is 1. The summed E-state index contributed by atoms with van der Waals surface area (Å²) in [5, 5.41) is 3.88. The van der Waals surface area contributed by atoms with Crippen molar-refractivity contribution in [2.75, 3.05) is 18.5 Å². The highest BCUT2D eigenvalue weighted by atomic mass is 16.5. The van der Waals surface area contributed by atoms with E-state index in [2.05, 4.69) is 5.16 Å². The molecule has 5 rings (SSSR count). The van der Waals surface area contributed by atoms with E-state index < -0.39 is 17.4 Å². The van der Waals surface area contributed by atoms with E-state index in [0.717, 1.165) is 16.9 Å². The monoisotopic (exact) mass is 407 g/mol. The lowest BCUT2D eigenvalue weighted by atomic mass is 9.76. The van der Waals surface area contributed by atoms with E-state index in [1.165, 1.54) is 5.56 Å². The number of rotatable bonds is 4. The van der Waals surface area contributed by atoms with Crippen LogP contribution in [0.25, 0.3) is 0 Å². The molecule has 4 heterocycles. The number of aryl methyl sites for hydroxylation is 3. The normalized spacial score (nSPS) is 29.0. The molecule has 1 spiro atoms. The molecule has 7 nitrogen and oxygen atoms in total. The molecule has 3 aliphatic heterocycles. The van der Waals surface area contributed by atoms with E-state index in [1.807, 2.05) is 57.2 Å². The van der Waals surface area contributed by atoms with E-state index >= 15 is 0 Å². The average molecular weight is 407 g/mol. The molecule has 2 saturated heterocycles. The molecule has 3 aliphatic rings. The highest BCUT2D eigenvalue weighted by Gasteiger charge is 2.67. The van der Waals surface area contributed by atoms with Crippen LogP contribution in [0.1, 0.15) is 22.6 Å². The summed E-state index contributed by atoms with van der Waals surface area (Å²) in [6, 6.07) is 7.82. The first-order chi connectivity index (χ1) is 14.3. The van der Waals surface area contributed by atoms with E-state index in [9.17, 15) is 9.59 Å². The SMILES string of the molecule is Cc1cc(CN(C)C(=O)[C@H]2[C@@H]3C=C[C@@]4(CN(c5ccc(C)c(C)c5)C(=O)[C@H]24)O3)on1. The number of hydrogen-bond acceptors (Lipinski definition) is 5. The van der Waals surface area contributed by atoms with Gasteiger partial charge in [0, 0.05) is 18.8 Å². The average Bonchev–Trinajstić information content (AvgIpc) is 3.45.